The maximum atomic E-state index is 12.7. The van der Waals surface area contributed by atoms with Crippen molar-refractivity contribution in [2.75, 3.05) is 38.1 Å². The molecule has 2 heterocycles. The zero-order chi connectivity index (χ0) is 19.2. The molecule has 0 saturated carbocycles. The van der Waals surface area contributed by atoms with Crippen LogP contribution in [0.5, 0.6) is 0 Å². The minimum atomic E-state index is -0.165. The molecule has 154 valence electrons. The Labute approximate surface area is 171 Å². The summed E-state index contributed by atoms with van der Waals surface area (Å²) in [5.74, 6) is -0.305. The number of rotatable bonds is 5. The maximum Gasteiger partial charge on any atom is 0.309 e. The Hall–Kier alpha value is -2.12. The number of carbonyl (C=O) groups is 3. The predicted molar refractivity (Wildman–Crippen MR) is 109 cm³/mol. The van der Waals surface area contributed by atoms with Gasteiger partial charge in [0.05, 0.1) is 18.4 Å². The highest BCUT2D eigenvalue weighted by Crippen LogP contribution is 2.21. The number of anilines is 1. The van der Waals surface area contributed by atoms with Crippen LogP contribution in [-0.2, 0) is 14.3 Å². The third-order valence-electron chi connectivity index (χ3n) is 5.23. The Balaban J connectivity index is 0.00000280. The summed E-state index contributed by atoms with van der Waals surface area (Å²) in [6.07, 6.45) is 2.12. The van der Waals surface area contributed by atoms with Gasteiger partial charge < -0.3 is 20.3 Å². The molecule has 3 rings (SSSR count). The van der Waals surface area contributed by atoms with Gasteiger partial charge in [-0.15, -0.1) is 12.4 Å². The normalized spacial score (nSPS) is 19.6. The number of nitrogens with zero attached hydrogens (tertiary/aromatic N) is 1. The number of ether oxygens (including phenoxy) is 1. The minimum absolute atomic E-state index is 0. The van der Waals surface area contributed by atoms with Gasteiger partial charge in [0.1, 0.15) is 0 Å². The van der Waals surface area contributed by atoms with Crippen LogP contribution < -0.4 is 10.6 Å². The minimum Gasteiger partial charge on any atom is -0.466 e. The predicted octanol–water partition coefficient (Wildman–Crippen LogP) is 2.07. The molecule has 2 saturated heterocycles. The van der Waals surface area contributed by atoms with E-state index in [0.717, 1.165) is 13.0 Å². The van der Waals surface area contributed by atoms with Crippen molar-refractivity contribution < 1.29 is 19.1 Å². The van der Waals surface area contributed by atoms with Gasteiger partial charge in [0.25, 0.3) is 5.91 Å². The van der Waals surface area contributed by atoms with Crippen LogP contribution in [0.15, 0.2) is 24.3 Å². The monoisotopic (exact) mass is 409 g/mol. The molecule has 2 aliphatic rings. The molecule has 0 radical (unpaired) electrons. The summed E-state index contributed by atoms with van der Waals surface area (Å²) in [6, 6.07) is 7.00. The second-order valence-corrected chi connectivity index (χ2v) is 7.07. The van der Waals surface area contributed by atoms with Crippen LogP contribution in [-0.4, -0.2) is 55.5 Å². The molecule has 1 aromatic carbocycles. The first kappa shape index (κ1) is 22.2. The summed E-state index contributed by atoms with van der Waals surface area (Å²) < 4.78 is 5.06. The first-order valence-corrected chi connectivity index (χ1v) is 9.66. The van der Waals surface area contributed by atoms with Crippen molar-refractivity contribution in [1.82, 2.24) is 10.2 Å². The van der Waals surface area contributed by atoms with Crippen LogP contribution in [0.2, 0.25) is 0 Å². The van der Waals surface area contributed by atoms with Crippen molar-refractivity contribution in [2.45, 2.75) is 26.2 Å². The molecule has 28 heavy (non-hydrogen) atoms. The van der Waals surface area contributed by atoms with E-state index in [9.17, 15) is 14.4 Å². The smallest absolute Gasteiger partial charge is 0.309 e. The summed E-state index contributed by atoms with van der Waals surface area (Å²) in [6.45, 7) is 4.87. The highest BCUT2D eigenvalue weighted by Gasteiger charge is 2.28. The van der Waals surface area contributed by atoms with E-state index in [-0.39, 0.29) is 42.0 Å². The molecular weight excluding hydrogens is 382 g/mol. The van der Waals surface area contributed by atoms with Crippen LogP contribution in [0.4, 0.5) is 5.69 Å². The molecular formula is C20H28ClN3O4. The molecule has 1 atom stereocenters. The molecule has 1 unspecified atom stereocenters. The topological polar surface area (TPSA) is 87.7 Å². The Morgan fingerprint density at radius 1 is 1.11 bits per heavy atom. The molecule has 2 fully saturated rings. The van der Waals surface area contributed by atoms with Crippen molar-refractivity contribution in [2.24, 2.45) is 11.8 Å². The number of benzene rings is 1. The second-order valence-electron chi connectivity index (χ2n) is 7.07. The van der Waals surface area contributed by atoms with Crippen molar-refractivity contribution in [3.8, 4) is 0 Å². The lowest BCUT2D eigenvalue weighted by molar-refractivity contribution is -0.149. The maximum absolute atomic E-state index is 12.7. The summed E-state index contributed by atoms with van der Waals surface area (Å²) in [5, 5.41) is 6.08. The molecule has 8 heteroatoms. The van der Waals surface area contributed by atoms with Gasteiger partial charge in [0.2, 0.25) is 5.91 Å². The Kier molecular flexibility index (Phi) is 8.26. The van der Waals surface area contributed by atoms with E-state index in [1.54, 1.807) is 36.1 Å². The number of halogens is 1. The molecule has 7 nitrogen and oxygen atoms in total. The van der Waals surface area contributed by atoms with E-state index < -0.39 is 0 Å². The average Bonchev–Trinajstić information content (AvgIpc) is 3.23. The van der Waals surface area contributed by atoms with Crippen LogP contribution in [0, 0.1) is 11.8 Å². The molecule has 2 aliphatic heterocycles. The van der Waals surface area contributed by atoms with Crippen molar-refractivity contribution >= 4 is 35.9 Å². The zero-order valence-corrected chi connectivity index (χ0v) is 16.9. The van der Waals surface area contributed by atoms with Gasteiger partial charge >= 0.3 is 5.97 Å². The quantitative estimate of drug-likeness (QED) is 0.727. The highest BCUT2D eigenvalue weighted by atomic mass is 35.5. The number of carbonyl (C=O) groups excluding carboxylic acids is 3. The summed E-state index contributed by atoms with van der Waals surface area (Å²) in [4.78, 5) is 38.4. The summed E-state index contributed by atoms with van der Waals surface area (Å²) >= 11 is 0. The van der Waals surface area contributed by atoms with Gasteiger partial charge in [0, 0.05) is 30.9 Å². The van der Waals surface area contributed by atoms with Crippen LogP contribution >= 0.6 is 12.4 Å². The zero-order valence-electron chi connectivity index (χ0n) is 16.1. The lowest BCUT2D eigenvalue weighted by Crippen LogP contribution is -2.40. The third kappa shape index (κ3) is 5.45. The fourth-order valence-electron chi connectivity index (χ4n) is 3.58. The van der Waals surface area contributed by atoms with E-state index in [4.69, 9.17) is 4.74 Å². The number of likely N-dealkylation sites (tertiary alicyclic amines) is 1. The molecule has 2 N–H and O–H groups in total. The van der Waals surface area contributed by atoms with E-state index >= 15 is 0 Å². The van der Waals surface area contributed by atoms with Gasteiger partial charge in [-0.2, -0.15) is 0 Å². The van der Waals surface area contributed by atoms with E-state index in [0.29, 0.717) is 50.3 Å². The number of esters is 1. The largest absolute Gasteiger partial charge is 0.466 e. The number of hydrogen-bond acceptors (Lipinski definition) is 5. The number of nitrogens with one attached hydrogen (secondary N) is 2. The lowest BCUT2D eigenvalue weighted by Gasteiger charge is -2.31. The number of hydrogen-bond donors (Lipinski definition) is 2. The molecule has 0 aromatic heterocycles. The van der Waals surface area contributed by atoms with Crippen molar-refractivity contribution in [3.63, 3.8) is 0 Å². The fraction of sp³-hybridized carbons (Fsp3) is 0.550. The Morgan fingerprint density at radius 3 is 2.36 bits per heavy atom. The van der Waals surface area contributed by atoms with Gasteiger partial charge in [-0.05, 0) is 57.0 Å². The second kappa shape index (κ2) is 10.4. The fourth-order valence-corrected chi connectivity index (χ4v) is 3.58. The summed E-state index contributed by atoms with van der Waals surface area (Å²) in [7, 11) is 0. The SMILES string of the molecule is CCOC(=O)C1CCN(C(=O)c2ccc(NC(=O)C3CCNC3)cc2)CC1.Cl. The van der Waals surface area contributed by atoms with E-state index in [1.807, 2.05) is 0 Å². The van der Waals surface area contributed by atoms with Gasteiger partial charge in [-0.3, -0.25) is 14.4 Å². The van der Waals surface area contributed by atoms with Gasteiger partial charge in [-0.1, -0.05) is 0 Å². The molecule has 0 bridgehead atoms. The van der Waals surface area contributed by atoms with E-state index in [1.165, 1.54) is 0 Å². The first-order chi connectivity index (χ1) is 13.1. The van der Waals surface area contributed by atoms with E-state index in [2.05, 4.69) is 10.6 Å². The summed E-state index contributed by atoms with van der Waals surface area (Å²) in [5.41, 5.74) is 1.29. The van der Waals surface area contributed by atoms with Crippen LogP contribution in [0.3, 0.4) is 0 Å². The molecule has 0 spiro atoms. The standard InChI is InChI=1S/C20H27N3O4.ClH/c1-2-27-20(26)15-8-11-23(12-9-15)19(25)14-3-5-17(6-4-14)22-18(24)16-7-10-21-13-16;/h3-6,15-16,21H,2,7-13H2,1H3,(H,22,24);1H. The van der Waals surface area contributed by atoms with Crippen LogP contribution in [0.1, 0.15) is 36.5 Å². The third-order valence-corrected chi connectivity index (χ3v) is 5.23. The highest BCUT2D eigenvalue weighted by molar-refractivity contribution is 5.96. The number of piperidine rings is 1. The van der Waals surface area contributed by atoms with Crippen LogP contribution in [0.25, 0.3) is 0 Å². The molecule has 1 aromatic rings. The first-order valence-electron chi connectivity index (χ1n) is 9.66. The van der Waals surface area contributed by atoms with Gasteiger partial charge in [-0.25, -0.2) is 0 Å². The van der Waals surface area contributed by atoms with Crippen molar-refractivity contribution in [1.29, 1.82) is 0 Å². The lowest BCUT2D eigenvalue weighted by atomic mass is 9.96. The Morgan fingerprint density at radius 2 is 1.79 bits per heavy atom. The molecule has 0 aliphatic carbocycles. The van der Waals surface area contributed by atoms with Gasteiger partial charge in [0.15, 0.2) is 0 Å². The molecule has 2 amide bonds. The number of amides is 2. The average molecular weight is 410 g/mol. The van der Waals surface area contributed by atoms with Crippen molar-refractivity contribution in [3.05, 3.63) is 29.8 Å². The Bertz CT molecular complexity index is 681.